The van der Waals surface area contributed by atoms with E-state index in [0.717, 1.165) is 32.5 Å². The normalized spacial score (nSPS) is 28.5. The summed E-state index contributed by atoms with van der Waals surface area (Å²) in [5.74, 6) is 0.642. The Balaban J connectivity index is 1.76. The molecular weight excluding hydrogens is 216 g/mol. The second kappa shape index (κ2) is 5.36. The zero-order valence-electron chi connectivity index (χ0n) is 10.7. The molecule has 17 heavy (non-hydrogen) atoms. The Kier molecular flexibility index (Phi) is 4.05. The highest BCUT2D eigenvalue weighted by molar-refractivity contribution is 5.77. The van der Waals surface area contributed by atoms with Gasteiger partial charge in [-0.05, 0) is 38.1 Å². The highest BCUT2D eigenvalue weighted by Gasteiger charge is 2.38. The van der Waals surface area contributed by atoms with Gasteiger partial charge in [-0.3, -0.25) is 4.79 Å². The summed E-state index contributed by atoms with van der Waals surface area (Å²) in [6.45, 7) is 4.33. The highest BCUT2D eigenvalue weighted by Crippen LogP contribution is 2.42. The van der Waals surface area contributed by atoms with E-state index in [2.05, 4.69) is 12.2 Å². The third-order valence-corrected chi connectivity index (χ3v) is 4.44. The van der Waals surface area contributed by atoms with E-state index in [9.17, 15) is 4.79 Å². The van der Waals surface area contributed by atoms with Crippen molar-refractivity contribution >= 4 is 5.91 Å². The van der Waals surface area contributed by atoms with Crippen molar-refractivity contribution in [2.24, 2.45) is 17.1 Å². The lowest BCUT2D eigenvalue weighted by atomic mass is 9.66. The highest BCUT2D eigenvalue weighted by atomic mass is 16.5. The van der Waals surface area contributed by atoms with Crippen LogP contribution in [0.3, 0.4) is 0 Å². The fourth-order valence-electron chi connectivity index (χ4n) is 2.84. The zero-order valence-corrected chi connectivity index (χ0v) is 10.7. The molecule has 1 saturated carbocycles. The number of ether oxygens (including phenoxy) is 1. The Morgan fingerprint density at radius 3 is 2.82 bits per heavy atom. The summed E-state index contributed by atoms with van der Waals surface area (Å²) in [7, 11) is 0. The molecule has 1 aliphatic heterocycles. The first kappa shape index (κ1) is 12.8. The number of amides is 1. The van der Waals surface area contributed by atoms with Crippen molar-refractivity contribution in [1.82, 2.24) is 5.32 Å². The van der Waals surface area contributed by atoms with E-state index in [1.165, 1.54) is 6.42 Å². The smallest absolute Gasteiger partial charge is 0.220 e. The molecule has 2 atom stereocenters. The molecule has 2 fully saturated rings. The maximum absolute atomic E-state index is 12.0. The van der Waals surface area contributed by atoms with E-state index in [1.54, 1.807) is 0 Å². The maximum Gasteiger partial charge on any atom is 0.220 e. The molecule has 98 valence electrons. The van der Waals surface area contributed by atoms with Gasteiger partial charge in [-0.15, -0.1) is 0 Å². The standard InChI is InChI=1S/C13H24N2O2/c1-10(11-3-6-17-8-11)15-12(16)7-13(9-14)4-2-5-13/h10-11H,2-9,14H2,1H3,(H,15,16). The summed E-state index contributed by atoms with van der Waals surface area (Å²) in [4.78, 5) is 12.0. The molecule has 1 saturated heterocycles. The lowest BCUT2D eigenvalue weighted by molar-refractivity contribution is -0.125. The Morgan fingerprint density at radius 1 is 1.59 bits per heavy atom. The van der Waals surface area contributed by atoms with Gasteiger partial charge >= 0.3 is 0 Å². The third kappa shape index (κ3) is 2.99. The van der Waals surface area contributed by atoms with E-state index in [1.807, 2.05) is 0 Å². The summed E-state index contributed by atoms with van der Waals surface area (Å²) < 4.78 is 5.34. The van der Waals surface area contributed by atoms with Gasteiger partial charge in [0.1, 0.15) is 0 Å². The predicted octanol–water partition coefficient (Wildman–Crippen LogP) is 1.05. The van der Waals surface area contributed by atoms with Crippen molar-refractivity contribution in [3.05, 3.63) is 0 Å². The van der Waals surface area contributed by atoms with Crippen LogP contribution < -0.4 is 11.1 Å². The zero-order chi connectivity index (χ0) is 12.3. The van der Waals surface area contributed by atoms with Crippen LogP contribution in [-0.2, 0) is 9.53 Å². The van der Waals surface area contributed by atoms with Crippen LogP contribution in [0.15, 0.2) is 0 Å². The van der Waals surface area contributed by atoms with Crippen molar-refractivity contribution in [3.63, 3.8) is 0 Å². The van der Waals surface area contributed by atoms with E-state index in [4.69, 9.17) is 10.5 Å². The minimum absolute atomic E-state index is 0.107. The minimum atomic E-state index is 0.107. The SMILES string of the molecule is CC(NC(=O)CC1(CN)CCC1)C1CCOC1. The van der Waals surface area contributed by atoms with Crippen molar-refractivity contribution in [2.75, 3.05) is 19.8 Å². The molecule has 0 aromatic rings. The third-order valence-electron chi connectivity index (χ3n) is 4.44. The van der Waals surface area contributed by atoms with Gasteiger partial charge in [0.2, 0.25) is 5.91 Å². The number of hydrogen-bond donors (Lipinski definition) is 2. The topological polar surface area (TPSA) is 64.4 Å². The van der Waals surface area contributed by atoms with Gasteiger partial charge in [0.05, 0.1) is 6.61 Å². The van der Waals surface area contributed by atoms with Crippen LogP contribution in [0.2, 0.25) is 0 Å². The number of carbonyl (C=O) groups excluding carboxylic acids is 1. The fourth-order valence-corrected chi connectivity index (χ4v) is 2.84. The average molecular weight is 240 g/mol. The first-order valence-electron chi connectivity index (χ1n) is 6.72. The van der Waals surface area contributed by atoms with Gasteiger partial charge in [0.15, 0.2) is 0 Å². The molecule has 0 radical (unpaired) electrons. The van der Waals surface area contributed by atoms with Gasteiger partial charge in [-0.25, -0.2) is 0 Å². The lowest BCUT2D eigenvalue weighted by Gasteiger charge is -2.40. The van der Waals surface area contributed by atoms with Crippen LogP contribution in [0.5, 0.6) is 0 Å². The van der Waals surface area contributed by atoms with Crippen LogP contribution in [-0.4, -0.2) is 31.7 Å². The van der Waals surface area contributed by atoms with E-state index in [0.29, 0.717) is 18.9 Å². The van der Waals surface area contributed by atoms with Gasteiger partial charge in [0, 0.05) is 25.0 Å². The summed E-state index contributed by atoms with van der Waals surface area (Å²) in [6.07, 6.45) is 5.09. The second-order valence-corrected chi connectivity index (χ2v) is 5.71. The van der Waals surface area contributed by atoms with Crippen molar-refractivity contribution in [3.8, 4) is 0 Å². The molecule has 2 rings (SSSR count). The Bertz CT molecular complexity index is 265. The minimum Gasteiger partial charge on any atom is -0.381 e. The maximum atomic E-state index is 12.0. The first-order valence-corrected chi connectivity index (χ1v) is 6.72. The monoisotopic (exact) mass is 240 g/mol. The molecular formula is C13H24N2O2. The number of nitrogens with one attached hydrogen (secondary N) is 1. The molecule has 0 bridgehead atoms. The van der Waals surface area contributed by atoms with Crippen molar-refractivity contribution in [1.29, 1.82) is 0 Å². The van der Waals surface area contributed by atoms with Gasteiger partial charge in [0.25, 0.3) is 0 Å². The number of hydrogen-bond acceptors (Lipinski definition) is 3. The molecule has 1 heterocycles. The van der Waals surface area contributed by atoms with Crippen LogP contribution >= 0.6 is 0 Å². The van der Waals surface area contributed by atoms with Crippen molar-refractivity contribution < 1.29 is 9.53 Å². The summed E-state index contributed by atoms with van der Waals surface area (Å²) in [6, 6.07) is 0.222. The molecule has 1 amide bonds. The molecule has 2 aliphatic rings. The Morgan fingerprint density at radius 2 is 2.35 bits per heavy atom. The first-order chi connectivity index (χ1) is 8.15. The number of nitrogens with two attached hydrogens (primary N) is 1. The lowest BCUT2D eigenvalue weighted by Crippen LogP contribution is -2.45. The van der Waals surface area contributed by atoms with Crippen molar-refractivity contribution in [2.45, 2.75) is 45.1 Å². The van der Waals surface area contributed by atoms with Crippen LogP contribution in [0.4, 0.5) is 0 Å². The summed E-state index contributed by atoms with van der Waals surface area (Å²) in [5.41, 5.74) is 5.88. The fraction of sp³-hybridized carbons (Fsp3) is 0.923. The number of carbonyl (C=O) groups is 1. The van der Waals surface area contributed by atoms with E-state index in [-0.39, 0.29) is 17.4 Å². The molecule has 1 aliphatic carbocycles. The van der Waals surface area contributed by atoms with Crippen LogP contribution in [0.1, 0.15) is 39.0 Å². The molecule has 4 nitrogen and oxygen atoms in total. The predicted molar refractivity (Wildman–Crippen MR) is 66.5 cm³/mol. The molecule has 2 unspecified atom stereocenters. The van der Waals surface area contributed by atoms with Gasteiger partial charge < -0.3 is 15.8 Å². The Labute approximate surface area is 103 Å². The van der Waals surface area contributed by atoms with E-state index < -0.39 is 0 Å². The van der Waals surface area contributed by atoms with Gasteiger partial charge in [-0.2, -0.15) is 0 Å². The average Bonchev–Trinajstić information content (AvgIpc) is 2.76. The Hall–Kier alpha value is -0.610. The van der Waals surface area contributed by atoms with Crippen LogP contribution in [0.25, 0.3) is 0 Å². The molecule has 0 aromatic heterocycles. The van der Waals surface area contributed by atoms with E-state index >= 15 is 0 Å². The second-order valence-electron chi connectivity index (χ2n) is 5.71. The van der Waals surface area contributed by atoms with Crippen LogP contribution in [0, 0.1) is 11.3 Å². The molecule has 3 N–H and O–H groups in total. The summed E-state index contributed by atoms with van der Waals surface area (Å²) in [5, 5.41) is 3.11. The molecule has 4 heteroatoms. The summed E-state index contributed by atoms with van der Waals surface area (Å²) >= 11 is 0. The molecule has 0 spiro atoms. The quantitative estimate of drug-likeness (QED) is 0.755. The van der Waals surface area contributed by atoms with Gasteiger partial charge in [-0.1, -0.05) is 6.42 Å². The largest absolute Gasteiger partial charge is 0.381 e. The molecule has 0 aromatic carbocycles. The number of rotatable bonds is 5.